The lowest BCUT2D eigenvalue weighted by molar-refractivity contribution is 0.0744. The van der Waals surface area contributed by atoms with Crippen LogP contribution in [0.4, 0.5) is 4.39 Å². The first-order chi connectivity index (χ1) is 8.51. The van der Waals surface area contributed by atoms with Gasteiger partial charge in [-0.25, -0.2) is 4.39 Å². The molecule has 0 saturated carbocycles. The number of hydrogen-bond donors (Lipinski definition) is 1. The molecule has 0 aromatic heterocycles. The Kier molecular flexibility index (Phi) is 4.67. The molecule has 0 aliphatic carbocycles. The molecule has 0 fully saturated rings. The number of phenols is 1. The fourth-order valence-electron chi connectivity index (χ4n) is 1.61. The summed E-state index contributed by atoms with van der Waals surface area (Å²) in [5.74, 6) is -2.09. The second-order valence-corrected chi connectivity index (χ2v) is 4.01. The molecule has 0 aliphatic rings. The molecule has 1 aromatic carbocycles. The van der Waals surface area contributed by atoms with Gasteiger partial charge in [0.1, 0.15) is 17.1 Å². The molecular formula is C13H15FN2O2. The summed E-state index contributed by atoms with van der Waals surface area (Å²) >= 11 is 0. The van der Waals surface area contributed by atoms with Crippen molar-refractivity contribution in [1.29, 1.82) is 5.26 Å². The van der Waals surface area contributed by atoms with Gasteiger partial charge in [-0.05, 0) is 26.0 Å². The van der Waals surface area contributed by atoms with Crippen LogP contribution in [0.1, 0.15) is 24.2 Å². The zero-order valence-electron chi connectivity index (χ0n) is 10.4. The van der Waals surface area contributed by atoms with E-state index in [1.54, 1.807) is 13.8 Å². The summed E-state index contributed by atoms with van der Waals surface area (Å²) in [6, 6.07) is 5.73. The van der Waals surface area contributed by atoms with Gasteiger partial charge < -0.3 is 10.0 Å². The summed E-state index contributed by atoms with van der Waals surface area (Å²) in [5.41, 5.74) is -0.343. The number of phenolic OH excluding ortho intramolecular Hbond substituents is 1. The molecule has 18 heavy (non-hydrogen) atoms. The highest BCUT2D eigenvalue weighted by Crippen LogP contribution is 2.22. The monoisotopic (exact) mass is 250 g/mol. The van der Waals surface area contributed by atoms with Gasteiger partial charge in [-0.1, -0.05) is 6.07 Å². The Balaban J connectivity index is 3.01. The third-order valence-electron chi connectivity index (χ3n) is 2.59. The number of amides is 1. The van der Waals surface area contributed by atoms with Gasteiger partial charge in [-0.2, -0.15) is 5.26 Å². The van der Waals surface area contributed by atoms with Crippen LogP contribution in [0.15, 0.2) is 18.2 Å². The third kappa shape index (κ3) is 2.98. The van der Waals surface area contributed by atoms with Crippen LogP contribution < -0.4 is 0 Å². The molecule has 5 heteroatoms. The first-order valence-electron chi connectivity index (χ1n) is 5.67. The van der Waals surface area contributed by atoms with Crippen LogP contribution in [-0.2, 0) is 0 Å². The summed E-state index contributed by atoms with van der Waals surface area (Å²) in [6.45, 7) is 3.97. The molecule has 1 unspecified atom stereocenters. The van der Waals surface area contributed by atoms with Crippen LogP contribution in [0.3, 0.4) is 0 Å². The average Bonchev–Trinajstić information content (AvgIpc) is 2.35. The van der Waals surface area contributed by atoms with E-state index < -0.39 is 11.7 Å². The van der Waals surface area contributed by atoms with Crippen LogP contribution in [0.25, 0.3) is 0 Å². The molecule has 0 heterocycles. The summed E-state index contributed by atoms with van der Waals surface area (Å²) in [6.07, 6.45) is 0. The van der Waals surface area contributed by atoms with Crippen molar-refractivity contribution in [2.45, 2.75) is 13.8 Å². The lowest BCUT2D eigenvalue weighted by Gasteiger charge is -2.22. The minimum atomic E-state index is -0.761. The van der Waals surface area contributed by atoms with Crippen LogP contribution in [0.2, 0.25) is 0 Å². The maximum atomic E-state index is 13.5. The summed E-state index contributed by atoms with van der Waals surface area (Å²) in [7, 11) is 0. The van der Waals surface area contributed by atoms with E-state index in [0.29, 0.717) is 6.54 Å². The van der Waals surface area contributed by atoms with Gasteiger partial charge in [0.25, 0.3) is 5.91 Å². The van der Waals surface area contributed by atoms with Crippen LogP contribution >= 0.6 is 0 Å². The highest BCUT2D eigenvalue weighted by atomic mass is 19.1. The minimum absolute atomic E-state index is 0.208. The second-order valence-electron chi connectivity index (χ2n) is 4.01. The average molecular weight is 250 g/mol. The van der Waals surface area contributed by atoms with E-state index in [1.165, 1.54) is 17.0 Å². The highest BCUT2D eigenvalue weighted by Gasteiger charge is 2.22. The Morgan fingerprint density at radius 1 is 1.61 bits per heavy atom. The number of nitriles is 1. The minimum Gasteiger partial charge on any atom is -0.507 e. The number of halogens is 1. The molecule has 0 bridgehead atoms. The number of nitrogens with zero attached hydrogens (tertiary/aromatic N) is 2. The molecule has 1 N–H and O–H groups in total. The van der Waals surface area contributed by atoms with Crippen molar-refractivity contribution < 1.29 is 14.3 Å². The van der Waals surface area contributed by atoms with E-state index in [2.05, 4.69) is 0 Å². The quantitative estimate of drug-likeness (QED) is 0.890. The topological polar surface area (TPSA) is 64.3 Å². The Morgan fingerprint density at radius 3 is 2.78 bits per heavy atom. The summed E-state index contributed by atoms with van der Waals surface area (Å²) in [4.78, 5) is 13.4. The third-order valence-corrected chi connectivity index (χ3v) is 2.59. The number of aromatic hydroxyl groups is 1. The van der Waals surface area contributed by atoms with Crippen molar-refractivity contribution in [3.05, 3.63) is 29.6 Å². The van der Waals surface area contributed by atoms with Crippen molar-refractivity contribution in [1.82, 2.24) is 4.90 Å². The van der Waals surface area contributed by atoms with E-state index in [9.17, 15) is 14.3 Å². The Labute approximate surface area is 105 Å². The normalized spacial score (nSPS) is 11.7. The predicted molar refractivity (Wildman–Crippen MR) is 64.4 cm³/mol. The Hall–Kier alpha value is -2.09. The molecule has 1 aromatic rings. The zero-order chi connectivity index (χ0) is 13.7. The number of hydrogen-bond acceptors (Lipinski definition) is 3. The molecular weight excluding hydrogens is 235 g/mol. The molecule has 1 rings (SSSR count). The van der Waals surface area contributed by atoms with Crippen LogP contribution in [0.5, 0.6) is 5.75 Å². The maximum Gasteiger partial charge on any atom is 0.260 e. The molecule has 4 nitrogen and oxygen atoms in total. The molecule has 1 amide bonds. The first-order valence-corrected chi connectivity index (χ1v) is 5.67. The van der Waals surface area contributed by atoms with Gasteiger partial charge >= 0.3 is 0 Å². The van der Waals surface area contributed by atoms with Gasteiger partial charge in [0, 0.05) is 13.1 Å². The van der Waals surface area contributed by atoms with Gasteiger partial charge in [-0.3, -0.25) is 4.79 Å². The van der Waals surface area contributed by atoms with Crippen LogP contribution in [-0.4, -0.2) is 29.0 Å². The van der Waals surface area contributed by atoms with E-state index in [4.69, 9.17) is 5.26 Å². The van der Waals surface area contributed by atoms with Crippen molar-refractivity contribution in [2.24, 2.45) is 5.92 Å². The van der Waals surface area contributed by atoms with Gasteiger partial charge in [0.2, 0.25) is 0 Å². The number of carbonyl (C=O) groups excluding carboxylic acids is 1. The SMILES string of the molecule is CCN(CC(C)C#N)C(=O)c1c(O)cccc1F. The van der Waals surface area contributed by atoms with E-state index in [0.717, 1.165) is 6.07 Å². The van der Waals surface area contributed by atoms with Crippen molar-refractivity contribution in [3.8, 4) is 11.8 Å². The second kappa shape index (κ2) is 6.01. The highest BCUT2D eigenvalue weighted by molar-refractivity contribution is 5.97. The van der Waals surface area contributed by atoms with Crippen molar-refractivity contribution in [2.75, 3.05) is 13.1 Å². The fraction of sp³-hybridized carbons (Fsp3) is 0.385. The van der Waals surface area contributed by atoms with Crippen LogP contribution in [0, 0.1) is 23.1 Å². The number of carbonyl (C=O) groups is 1. The van der Waals surface area contributed by atoms with E-state index >= 15 is 0 Å². The predicted octanol–water partition coefficient (Wildman–Crippen LogP) is 2.15. The smallest absolute Gasteiger partial charge is 0.260 e. The lowest BCUT2D eigenvalue weighted by atomic mass is 10.1. The summed E-state index contributed by atoms with van der Waals surface area (Å²) in [5, 5.41) is 18.3. The number of rotatable bonds is 4. The van der Waals surface area contributed by atoms with E-state index in [-0.39, 0.29) is 23.8 Å². The van der Waals surface area contributed by atoms with E-state index in [1.807, 2.05) is 6.07 Å². The van der Waals surface area contributed by atoms with Gasteiger partial charge in [-0.15, -0.1) is 0 Å². The van der Waals surface area contributed by atoms with Gasteiger partial charge in [0.15, 0.2) is 0 Å². The molecule has 0 spiro atoms. The maximum absolute atomic E-state index is 13.5. The Morgan fingerprint density at radius 2 is 2.28 bits per heavy atom. The molecule has 0 saturated heterocycles. The largest absolute Gasteiger partial charge is 0.507 e. The zero-order valence-corrected chi connectivity index (χ0v) is 10.4. The molecule has 96 valence electrons. The molecule has 0 aliphatic heterocycles. The van der Waals surface area contributed by atoms with Gasteiger partial charge in [0.05, 0.1) is 12.0 Å². The fourth-order valence-corrected chi connectivity index (χ4v) is 1.61. The van der Waals surface area contributed by atoms with Crippen molar-refractivity contribution >= 4 is 5.91 Å². The first kappa shape index (κ1) is 14.0. The van der Waals surface area contributed by atoms with Crippen molar-refractivity contribution in [3.63, 3.8) is 0 Å². The summed E-state index contributed by atoms with van der Waals surface area (Å²) < 4.78 is 13.5. The lowest BCUT2D eigenvalue weighted by Crippen LogP contribution is -2.34. The molecule has 0 radical (unpaired) electrons. The Bertz CT molecular complexity index is 462. The molecule has 1 atom stereocenters. The number of benzene rings is 1. The standard InChI is InChI=1S/C13H15FN2O2/c1-3-16(8-9(2)7-15)13(18)12-10(14)5-4-6-11(12)17/h4-6,9,17H,3,8H2,1-2H3.